The first-order valence-corrected chi connectivity index (χ1v) is 8.83. The number of sulfone groups is 1. The Morgan fingerprint density at radius 1 is 1.29 bits per heavy atom. The Labute approximate surface area is 127 Å². The lowest BCUT2D eigenvalue weighted by atomic mass is 10.0. The van der Waals surface area contributed by atoms with E-state index in [1.165, 1.54) is 5.38 Å². The van der Waals surface area contributed by atoms with Crippen molar-refractivity contribution in [3.63, 3.8) is 0 Å². The molecule has 0 bridgehead atoms. The van der Waals surface area contributed by atoms with Gasteiger partial charge in [0.15, 0.2) is 9.84 Å². The predicted octanol–water partition coefficient (Wildman–Crippen LogP) is 2.94. The van der Waals surface area contributed by atoms with E-state index in [1.807, 2.05) is 13.8 Å². The molecule has 0 aliphatic carbocycles. The summed E-state index contributed by atoms with van der Waals surface area (Å²) in [6, 6.07) is 6.74. The molecule has 0 unspecified atom stereocenters. The van der Waals surface area contributed by atoms with E-state index in [0.29, 0.717) is 5.92 Å². The van der Waals surface area contributed by atoms with E-state index in [0.717, 1.165) is 16.9 Å². The Morgan fingerprint density at radius 2 is 1.90 bits per heavy atom. The van der Waals surface area contributed by atoms with Crippen molar-refractivity contribution < 1.29 is 18.3 Å². The largest absolute Gasteiger partial charge is 0.476 e. The lowest BCUT2D eigenvalue weighted by Gasteiger charge is -2.07. The van der Waals surface area contributed by atoms with Crippen LogP contribution in [-0.4, -0.2) is 24.5 Å². The summed E-state index contributed by atoms with van der Waals surface area (Å²) in [6.45, 7) is 4.07. The van der Waals surface area contributed by atoms with E-state index < -0.39 is 15.8 Å². The van der Waals surface area contributed by atoms with Crippen LogP contribution in [0.25, 0.3) is 0 Å². The summed E-state index contributed by atoms with van der Waals surface area (Å²) < 4.78 is 24.6. The Balaban J connectivity index is 2.22. The highest BCUT2D eigenvalue weighted by atomic mass is 32.2. The minimum Gasteiger partial charge on any atom is -0.476 e. The van der Waals surface area contributed by atoms with Gasteiger partial charge in [-0.3, -0.25) is 0 Å². The molecule has 0 aliphatic rings. The molecule has 0 radical (unpaired) electrons. The molecule has 2 aromatic rings. The van der Waals surface area contributed by atoms with Gasteiger partial charge in [-0.2, -0.15) is 0 Å². The number of benzene rings is 1. The molecule has 1 N–H and O–H groups in total. The second kappa shape index (κ2) is 5.95. The van der Waals surface area contributed by atoms with Crippen LogP contribution in [0.15, 0.2) is 34.5 Å². The highest BCUT2D eigenvalue weighted by molar-refractivity contribution is 7.90. The van der Waals surface area contributed by atoms with Gasteiger partial charge in [0.1, 0.15) is 0 Å². The number of aromatic nitrogens is 1. The van der Waals surface area contributed by atoms with Crippen molar-refractivity contribution in [2.24, 2.45) is 0 Å². The summed E-state index contributed by atoms with van der Waals surface area (Å²) in [5.41, 5.74) is 1.32. The third kappa shape index (κ3) is 3.68. The minimum absolute atomic E-state index is 0.102. The quantitative estimate of drug-likeness (QED) is 0.913. The van der Waals surface area contributed by atoms with Gasteiger partial charge in [-0.1, -0.05) is 26.0 Å². The van der Waals surface area contributed by atoms with Crippen LogP contribution in [0.4, 0.5) is 0 Å². The summed E-state index contributed by atoms with van der Waals surface area (Å²) in [4.78, 5) is 14.8. The van der Waals surface area contributed by atoms with Crippen LogP contribution in [0.5, 0.6) is 0 Å². The maximum Gasteiger partial charge on any atom is 0.365 e. The summed E-state index contributed by atoms with van der Waals surface area (Å²) in [5.74, 6) is -1.11. The van der Waals surface area contributed by atoms with E-state index in [2.05, 4.69) is 4.98 Å². The lowest BCUT2D eigenvalue weighted by Crippen LogP contribution is -2.06. The van der Waals surface area contributed by atoms with Crippen molar-refractivity contribution in [3.8, 4) is 0 Å². The average molecular weight is 325 g/mol. The molecular formula is C14H15NO4S2. The van der Waals surface area contributed by atoms with E-state index in [9.17, 15) is 13.2 Å². The van der Waals surface area contributed by atoms with Crippen LogP contribution >= 0.6 is 11.3 Å². The Hall–Kier alpha value is -1.73. The van der Waals surface area contributed by atoms with Gasteiger partial charge in [-0.15, -0.1) is 11.3 Å². The van der Waals surface area contributed by atoms with Crippen molar-refractivity contribution in [1.82, 2.24) is 4.98 Å². The molecule has 112 valence electrons. The molecule has 1 heterocycles. The summed E-state index contributed by atoms with van der Waals surface area (Å²) in [5, 5.41) is 10.2. The van der Waals surface area contributed by atoms with E-state index in [-0.39, 0.29) is 21.3 Å². The molecular weight excluding hydrogens is 310 g/mol. The molecule has 2 rings (SSSR count). The van der Waals surface area contributed by atoms with E-state index in [4.69, 9.17) is 5.11 Å². The number of thiazole rings is 1. The smallest absolute Gasteiger partial charge is 0.365 e. The fourth-order valence-corrected chi connectivity index (χ4v) is 3.82. The van der Waals surface area contributed by atoms with Crippen LogP contribution in [0, 0.1) is 0 Å². The second-order valence-electron chi connectivity index (χ2n) is 4.93. The average Bonchev–Trinajstić information content (AvgIpc) is 2.87. The maximum absolute atomic E-state index is 12.3. The summed E-state index contributed by atoms with van der Waals surface area (Å²) in [6.07, 6.45) is 0. The zero-order valence-electron chi connectivity index (χ0n) is 11.6. The molecule has 0 aliphatic heterocycles. The molecule has 1 aromatic heterocycles. The van der Waals surface area contributed by atoms with Crippen molar-refractivity contribution in [2.45, 2.75) is 30.4 Å². The monoisotopic (exact) mass is 325 g/mol. The van der Waals surface area contributed by atoms with Gasteiger partial charge in [-0.05, 0) is 23.6 Å². The standard InChI is InChI=1S/C14H15NO4S2/c1-9(2)10-3-5-12(6-4-10)21(18,19)8-11-7-20-13(15-11)14(16)17/h3-7,9H,8H2,1-2H3,(H,16,17). The van der Waals surface area contributed by atoms with E-state index in [1.54, 1.807) is 24.3 Å². The number of carbonyl (C=O) groups is 1. The van der Waals surface area contributed by atoms with Gasteiger partial charge in [0.2, 0.25) is 5.01 Å². The molecule has 1 aromatic carbocycles. The Kier molecular flexibility index (Phi) is 4.43. The topological polar surface area (TPSA) is 84.3 Å². The highest BCUT2D eigenvalue weighted by Crippen LogP contribution is 2.21. The number of rotatable bonds is 5. The maximum atomic E-state index is 12.3. The van der Waals surface area contributed by atoms with E-state index >= 15 is 0 Å². The van der Waals surface area contributed by atoms with Crippen molar-refractivity contribution in [1.29, 1.82) is 0 Å². The van der Waals surface area contributed by atoms with Gasteiger partial charge in [0, 0.05) is 5.38 Å². The van der Waals surface area contributed by atoms with Crippen LogP contribution < -0.4 is 0 Å². The lowest BCUT2D eigenvalue weighted by molar-refractivity contribution is 0.0696. The van der Waals surface area contributed by atoms with Crippen LogP contribution in [0.2, 0.25) is 0 Å². The van der Waals surface area contributed by atoms with Crippen LogP contribution in [0.1, 0.15) is 40.8 Å². The van der Waals surface area contributed by atoms with Gasteiger partial charge < -0.3 is 5.11 Å². The van der Waals surface area contributed by atoms with Crippen molar-refractivity contribution in [3.05, 3.63) is 45.9 Å². The fourth-order valence-electron chi connectivity index (χ4n) is 1.81. The van der Waals surface area contributed by atoms with Gasteiger partial charge in [-0.25, -0.2) is 18.2 Å². The molecule has 0 saturated carbocycles. The zero-order valence-corrected chi connectivity index (χ0v) is 13.2. The number of nitrogens with zero attached hydrogens (tertiary/aromatic N) is 1. The number of aromatic carboxylic acids is 1. The third-order valence-electron chi connectivity index (χ3n) is 2.98. The zero-order chi connectivity index (χ0) is 15.6. The molecule has 5 nitrogen and oxygen atoms in total. The van der Waals surface area contributed by atoms with Crippen LogP contribution in [-0.2, 0) is 15.6 Å². The highest BCUT2D eigenvalue weighted by Gasteiger charge is 2.19. The molecule has 21 heavy (non-hydrogen) atoms. The molecule has 7 heteroatoms. The van der Waals surface area contributed by atoms with Crippen molar-refractivity contribution >= 4 is 27.1 Å². The molecule has 0 atom stereocenters. The number of carboxylic acid groups (broad SMARTS) is 1. The first-order valence-electron chi connectivity index (χ1n) is 6.30. The van der Waals surface area contributed by atoms with Gasteiger partial charge in [0.25, 0.3) is 0 Å². The fraction of sp³-hybridized carbons (Fsp3) is 0.286. The summed E-state index contributed by atoms with van der Waals surface area (Å²) in [7, 11) is -3.52. The number of hydrogen-bond acceptors (Lipinski definition) is 5. The Morgan fingerprint density at radius 3 is 2.38 bits per heavy atom. The summed E-state index contributed by atoms with van der Waals surface area (Å²) >= 11 is 0.925. The van der Waals surface area contributed by atoms with Crippen molar-refractivity contribution in [2.75, 3.05) is 0 Å². The number of carboxylic acids is 1. The molecule has 0 saturated heterocycles. The third-order valence-corrected chi connectivity index (χ3v) is 5.52. The normalized spacial score (nSPS) is 11.8. The first-order chi connectivity index (χ1) is 9.79. The predicted molar refractivity (Wildman–Crippen MR) is 80.5 cm³/mol. The molecule has 0 spiro atoms. The van der Waals surface area contributed by atoms with Gasteiger partial charge in [0.05, 0.1) is 16.3 Å². The van der Waals surface area contributed by atoms with Crippen LogP contribution in [0.3, 0.4) is 0 Å². The SMILES string of the molecule is CC(C)c1ccc(S(=O)(=O)Cc2csc(C(=O)O)n2)cc1. The van der Waals surface area contributed by atoms with Gasteiger partial charge >= 0.3 is 5.97 Å². The first kappa shape index (κ1) is 15.7. The Bertz CT molecular complexity index is 746. The second-order valence-corrected chi connectivity index (χ2v) is 7.78. The molecule has 0 fully saturated rings. The number of hydrogen-bond donors (Lipinski definition) is 1. The minimum atomic E-state index is -3.52. The molecule has 0 amide bonds.